The van der Waals surface area contributed by atoms with E-state index >= 15 is 0 Å². The van der Waals surface area contributed by atoms with Gasteiger partial charge in [0.1, 0.15) is 140 Å². The van der Waals surface area contributed by atoms with Gasteiger partial charge in [0.15, 0.2) is 37.7 Å². The highest BCUT2D eigenvalue weighted by Gasteiger charge is 2.59. The van der Waals surface area contributed by atoms with Gasteiger partial charge >= 0.3 is 0 Å². The lowest BCUT2D eigenvalue weighted by Crippen LogP contribution is -2.71. The summed E-state index contributed by atoms with van der Waals surface area (Å²) in [6.07, 6.45) is -56.8. The minimum atomic E-state index is -2.14. The van der Waals surface area contributed by atoms with E-state index in [1.807, 2.05) is 0 Å². The molecular formula is C46H82N2O30. The lowest BCUT2D eigenvalue weighted by molar-refractivity contribution is -0.400. The van der Waals surface area contributed by atoms with Gasteiger partial charge in [-0.15, -0.1) is 0 Å². The zero-order valence-electron chi connectivity index (χ0n) is 43.6. The molecule has 0 radical (unpaired) electrons. The third-order valence-corrected chi connectivity index (χ3v) is 15.5. The Morgan fingerprint density at radius 1 is 0.308 bits per heavy atom. The topological polar surface area (TPSA) is 516 Å². The van der Waals surface area contributed by atoms with Crippen LogP contribution in [-0.4, -0.2) is 328 Å². The van der Waals surface area contributed by atoms with Crippen molar-refractivity contribution < 1.29 is 148 Å². The fourth-order valence-corrected chi connectivity index (χ4v) is 10.7. The largest absolute Gasteiger partial charge is 0.394 e. The van der Waals surface area contributed by atoms with Crippen LogP contribution in [-0.2, 0) is 61.6 Å². The molecule has 0 amide bonds. The molecule has 32 heteroatoms. The van der Waals surface area contributed by atoms with E-state index in [2.05, 4.69) is 0 Å². The quantitative estimate of drug-likeness (QED) is 0.0682. The molecule has 0 aliphatic carbocycles. The molecule has 7 rings (SSSR count). The summed E-state index contributed by atoms with van der Waals surface area (Å²) in [4.78, 5) is 0. The summed E-state index contributed by atoms with van der Waals surface area (Å²) < 4.78 is 78.1. The van der Waals surface area contributed by atoms with Gasteiger partial charge in [-0.2, -0.15) is 0 Å². The molecule has 456 valence electrons. The summed E-state index contributed by atoms with van der Waals surface area (Å²) in [5.41, 5.74) is 12.9. The maximum absolute atomic E-state index is 12.1. The van der Waals surface area contributed by atoms with Crippen LogP contribution in [0.15, 0.2) is 0 Å². The van der Waals surface area contributed by atoms with Gasteiger partial charge in [-0.05, 0) is 26.2 Å². The lowest BCUT2D eigenvalue weighted by atomic mass is 9.79. The van der Waals surface area contributed by atoms with Crippen LogP contribution < -0.4 is 11.5 Å². The van der Waals surface area contributed by atoms with Crippen molar-refractivity contribution in [2.24, 2.45) is 16.9 Å². The van der Waals surface area contributed by atoms with E-state index in [1.54, 1.807) is 20.8 Å². The average molecular weight is 1140 g/mol. The molecule has 0 aromatic rings. The van der Waals surface area contributed by atoms with Gasteiger partial charge in [-0.3, -0.25) is 0 Å². The van der Waals surface area contributed by atoms with Crippen LogP contribution in [0.5, 0.6) is 0 Å². The average Bonchev–Trinajstić information content (AvgIpc) is 3.45. The molecule has 0 bridgehead atoms. The molecule has 0 aromatic heterocycles. The molecule has 0 aromatic carbocycles. The van der Waals surface area contributed by atoms with Crippen molar-refractivity contribution in [2.75, 3.05) is 26.4 Å². The fourth-order valence-electron chi connectivity index (χ4n) is 10.7. The van der Waals surface area contributed by atoms with Crippen LogP contribution in [0, 0.1) is 5.41 Å². The van der Waals surface area contributed by atoms with E-state index in [4.69, 9.17) is 73.0 Å². The van der Waals surface area contributed by atoms with Crippen molar-refractivity contribution in [3.8, 4) is 0 Å². The van der Waals surface area contributed by atoms with Crippen molar-refractivity contribution in [1.29, 1.82) is 0 Å². The highest BCUT2D eigenvalue weighted by molar-refractivity contribution is 5.04. The second-order valence-corrected chi connectivity index (χ2v) is 22.1. The van der Waals surface area contributed by atoms with Gasteiger partial charge in [0.05, 0.1) is 62.9 Å². The van der Waals surface area contributed by atoms with Gasteiger partial charge in [0.25, 0.3) is 0 Å². The molecule has 21 N–H and O–H groups in total. The Morgan fingerprint density at radius 2 is 0.641 bits per heavy atom. The van der Waals surface area contributed by atoms with Crippen molar-refractivity contribution in [1.82, 2.24) is 0 Å². The molecule has 32 nitrogen and oxygen atoms in total. The molecule has 7 saturated heterocycles. The van der Waals surface area contributed by atoms with E-state index in [1.165, 1.54) is 20.8 Å². The summed E-state index contributed by atoms with van der Waals surface area (Å²) in [5.74, 6) is 0. The number of rotatable bonds is 16. The molecule has 7 aliphatic heterocycles. The molecule has 35 atom stereocenters. The van der Waals surface area contributed by atoms with Crippen molar-refractivity contribution in [3.05, 3.63) is 0 Å². The Labute approximate surface area is 447 Å². The van der Waals surface area contributed by atoms with Gasteiger partial charge in [-0.1, -0.05) is 20.8 Å². The zero-order valence-corrected chi connectivity index (χ0v) is 43.6. The Bertz CT molecular complexity index is 1870. The Balaban J connectivity index is 1.19. The lowest BCUT2D eigenvalue weighted by Gasteiger charge is -2.53. The van der Waals surface area contributed by atoms with Crippen molar-refractivity contribution >= 4 is 0 Å². The number of hydrogen-bond acceptors (Lipinski definition) is 32. The van der Waals surface area contributed by atoms with Crippen LogP contribution >= 0.6 is 0 Å². The molecule has 0 spiro atoms. The maximum atomic E-state index is 12.1. The van der Waals surface area contributed by atoms with Gasteiger partial charge in [0, 0.05) is 0 Å². The molecular weight excluding hydrogens is 1060 g/mol. The van der Waals surface area contributed by atoms with Crippen LogP contribution in [0.25, 0.3) is 0 Å². The molecule has 0 saturated carbocycles. The molecule has 21 unspecified atom stereocenters. The number of hydrogen-bond donors (Lipinski definition) is 19. The van der Waals surface area contributed by atoms with Crippen LogP contribution in [0.4, 0.5) is 0 Å². The van der Waals surface area contributed by atoms with Gasteiger partial charge in [-0.25, -0.2) is 0 Å². The normalized spacial score (nSPS) is 53.7. The first-order valence-electron chi connectivity index (χ1n) is 25.9. The Hall–Kier alpha value is -1.28. The molecule has 78 heavy (non-hydrogen) atoms. The van der Waals surface area contributed by atoms with Crippen LogP contribution in [0.2, 0.25) is 0 Å². The number of nitrogens with two attached hydrogens (primary N) is 2. The van der Waals surface area contributed by atoms with Crippen LogP contribution in [0.1, 0.15) is 41.5 Å². The first-order valence-corrected chi connectivity index (χ1v) is 25.9. The minimum Gasteiger partial charge on any atom is -0.394 e. The smallest absolute Gasteiger partial charge is 0.187 e. The molecule has 7 fully saturated rings. The third-order valence-electron chi connectivity index (χ3n) is 15.5. The SMILES string of the molecule is CC1O[C@@H](OC2C(O)[C@@H](O)C(CO)O[C@H]2O[C@@H]2C(CO)O[C@@H](OC3C(O)[C@H](O[C@@H]4C(CO)O[C@@H](C(C)(C)C)C(N)C4O[C@@H]4OC(C)[C@@H](O)C(O)C4O)OC(CO)[C@@H]3O)C(N)C2O[C@@H]2OC(C)[C@@H](O)C(O)C2O)C(O)C(O)[C@@H]1O. The van der Waals surface area contributed by atoms with Crippen LogP contribution in [0.3, 0.4) is 0 Å². The van der Waals surface area contributed by atoms with Gasteiger partial charge < -0.3 is 160 Å². The van der Waals surface area contributed by atoms with Crippen molar-refractivity contribution in [3.63, 3.8) is 0 Å². The second kappa shape index (κ2) is 26.3. The predicted molar refractivity (Wildman–Crippen MR) is 249 cm³/mol. The van der Waals surface area contributed by atoms with E-state index in [9.17, 15) is 86.8 Å². The third kappa shape index (κ3) is 13.0. The zero-order chi connectivity index (χ0) is 57.7. The fraction of sp³-hybridized carbons (Fsp3) is 1.00. The number of aliphatic hydroxyl groups is 17. The molecule has 7 aliphatic rings. The Kier molecular flexibility index (Phi) is 21.7. The maximum Gasteiger partial charge on any atom is 0.187 e. The summed E-state index contributed by atoms with van der Waals surface area (Å²) in [5, 5.41) is 185. The summed E-state index contributed by atoms with van der Waals surface area (Å²) in [6.45, 7) is 5.67. The summed E-state index contributed by atoms with van der Waals surface area (Å²) in [6, 6.07) is -2.99. The number of ether oxygens (including phenoxy) is 13. The van der Waals surface area contributed by atoms with E-state index in [0.29, 0.717) is 0 Å². The highest BCUT2D eigenvalue weighted by Crippen LogP contribution is 2.40. The first kappa shape index (κ1) is 64.3. The Morgan fingerprint density at radius 3 is 1.08 bits per heavy atom. The monoisotopic (exact) mass is 1140 g/mol. The second-order valence-electron chi connectivity index (χ2n) is 22.1. The first-order chi connectivity index (χ1) is 36.6. The standard InChI is InChI=1S/C46H82N2O30/c1-11-20(53)25(58)29(62)41(66-11)75-35-18(47)39(46(4,5)6)69-16(9-51)33(35)73-44-32(65)37(24(57)15(8-50)70-44)77-40-19(48)36(76-42-30(63)26(59)21(54)12(2)67-42)34(17(10-52)72-40)74-45-38(28(61)23(56)14(7-49)71-45)78-43-31(64)27(60)22(55)13(3)68-43/h11-45,49-65H,7-10,47-48H2,1-6H3/t11?,12?,13?,14?,15?,16?,17?,18?,19?,20-,21-,22-,23+,24+,25?,26?,27?,28?,29?,30?,31?,32?,33-,34-,35?,36?,37?,38?,39-,40+,41+,42+,43+,44+,45+/m1/s1. The molecule has 7 heterocycles. The van der Waals surface area contributed by atoms with E-state index in [-0.39, 0.29) is 0 Å². The van der Waals surface area contributed by atoms with E-state index < -0.39 is 246 Å². The number of aliphatic hydroxyl groups excluding tert-OH is 17. The minimum absolute atomic E-state index is 0.746. The van der Waals surface area contributed by atoms with E-state index in [0.717, 1.165) is 0 Å². The van der Waals surface area contributed by atoms with Gasteiger partial charge in [0.2, 0.25) is 0 Å². The summed E-state index contributed by atoms with van der Waals surface area (Å²) >= 11 is 0. The summed E-state index contributed by atoms with van der Waals surface area (Å²) in [7, 11) is 0. The van der Waals surface area contributed by atoms with Crippen molar-refractivity contribution in [2.45, 2.75) is 256 Å². The highest BCUT2D eigenvalue weighted by atomic mass is 16.8. The predicted octanol–water partition coefficient (Wildman–Crippen LogP) is -11.2.